The van der Waals surface area contributed by atoms with E-state index in [2.05, 4.69) is 5.32 Å². The van der Waals surface area contributed by atoms with Crippen molar-refractivity contribution in [1.29, 1.82) is 0 Å². The lowest BCUT2D eigenvalue weighted by Gasteiger charge is -2.10. The van der Waals surface area contributed by atoms with E-state index in [1.807, 2.05) is 6.92 Å². The molecule has 1 rings (SSSR count). The summed E-state index contributed by atoms with van der Waals surface area (Å²) in [5.74, 6) is 0. The van der Waals surface area contributed by atoms with Gasteiger partial charge in [-0.05, 0) is 25.0 Å². The first-order valence-electron chi connectivity index (χ1n) is 5.41. The number of aliphatic hydroxyl groups excluding tert-OH is 1. The van der Waals surface area contributed by atoms with Crippen molar-refractivity contribution >= 4 is 23.0 Å². The van der Waals surface area contributed by atoms with Crippen LogP contribution in [0.1, 0.15) is 19.8 Å². The Balaban J connectivity index is 2.71. The summed E-state index contributed by atoms with van der Waals surface area (Å²) in [6.07, 6.45) is 0.820. The van der Waals surface area contributed by atoms with Gasteiger partial charge in [0, 0.05) is 6.54 Å². The predicted molar refractivity (Wildman–Crippen MR) is 67.5 cm³/mol. The minimum atomic E-state index is -0.513. The maximum absolute atomic E-state index is 10.8. The third-order valence-corrected chi connectivity index (χ3v) is 2.74. The monoisotopic (exact) mass is 258 g/mol. The van der Waals surface area contributed by atoms with Crippen molar-refractivity contribution in [3.8, 4) is 0 Å². The van der Waals surface area contributed by atoms with Gasteiger partial charge in [-0.2, -0.15) is 0 Å². The maximum Gasteiger partial charge on any atom is 0.310 e. The number of aliphatic hydroxyl groups is 1. The molecule has 0 aromatic heterocycles. The number of anilines is 1. The van der Waals surface area contributed by atoms with Gasteiger partial charge in [-0.25, -0.2) is 0 Å². The van der Waals surface area contributed by atoms with Crippen LogP contribution in [-0.4, -0.2) is 22.7 Å². The van der Waals surface area contributed by atoms with Crippen molar-refractivity contribution in [3.63, 3.8) is 0 Å². The van der Waals surface area contributed by atoms with Gasteiger partial charge in [0.25, 0.3) is 0 Å². The van der Waals surface area contributed by atoms with Crippen LogP contribution in [0.5, 0.6) is 0 Å². The van der Waals surface area contributed by atoms with Crippen LogP contribution in [0.25, 0.3) is 0 Å². The number of nitro groups is 1. The Morgan fingerprint density at radius 3 is 2.88 bits per heavy atom. The third-order valence-electron chi connectivity index (χ3n) is 2.43. The molecule has 1 atom stereocenters. The predicted octanol–water partition coefficient (Wildman–Crippen LogP) is 2.82. The van der Waals surface area contributed by atoms with Crippen LogP contribution >= 0.6 is 11.6 Å². The minimum Gasteiger partial charge on any atom is -0.393 e. The van der Waals surface area contributed by atoms with Crippen molar-refractivity contribution < 1.29 is 10.0 Å². The molecule has 0 aliphatic heterocycles. The molecule has 0 amide bonds. The van der Waals surface area contributed by atoms with Gasteiger partial charge in [-0.15, -0.1) is 0 Å². The topological polar surface area (TPSA) is 75.4 Å². The molecule has 1 aromatic carbocycles. The second-order valence-corrected chi connectivity index (χ2v) is 4.08. The zero-order valence-corrected chi connectivity index (χ0v) is 10.3. The average Bonchev–Trinajstić information content (AvgIpc) is 2.28. The van der Waals surface area contributed by atoms with Crippen molar-refractivity contribution in [2.75, 3.05) is 11.9 Å². The SMILES string of the molecule is CCC(O)CCNc1cccc(Cl)c1[N+](=O)[O-]. The number of nitrogens with zero attached hydrogens (tertiary/aromatic N) is 1. The molecule has 6 heteroatoms. The fourth-order valence-electron chi connectivity index (χ4n) is 1.42. The van der Waals surface area contributed by atoms with Crippen LogP contribution in [-0.2, 0) is 0 Å². The van der Waals surface area contributed by atoms with E-state index in [1.54, 1.807) is 12.1 Å². The summed E-state index contributed by atoms with van der Waals surface area (Å²) >= 11 is 5.76. The lowest BCUT2D eigenvalue weighted by molar-refractivity contribution is -0.383. The zero-order valence-electron chi connectivity index (χ0n) is 9.52. The van der Waals surface area contributed by atoms with Crippen molar-refractivity contribution in [1.82, 2.24) is 0 Å². The number of halogens is 1. The van der Waals surface area contributed by atoms with E-state index in [9.17, 15) is 15.2 Å². The molecule has 0 fully saturated rings. The van der Waals surface area contributed by atoms with Crippen molar-refractivity contribution in [2.24, 2.45) is 0 Å². The van der Waals surface area contributed by atoms with Crippen LogP contribution in [0.2, 0.25) is 5.02 Å². The number of hydrogen-bond acceptors (Lipinski definition) is 4. The molecule has 0 bridgehead atoms. The first-order valence-corrected chi connectivity index (χ1v) is 5.79. The molecule has 0 aliphatic carbocycles. The summed E-state index contributed by atoms with van der Waals surface area (Å²) in [5, 5.41) is 23.2. The highest BCUT2D eigenvalue weighted by molar-refractivity contribution is 6.33. The highest BCUT2D eigenvalue weighted by Crippen LogP contribution is 2.32. The quantitative estimate of drug-likeness (QED) is 0.608. The van der Waals surface area contributed by atoms with Gasteiger partial charge in [0.1, 0.15) is 10.7 Å². The van der Waals surface area contributed by atoms with Crippen molar-refractivity contribution in [2.45, 2.75) is 25.9 Å². The van der Waals surface area contributed by atoms with Crippen LogP contribution in [0, 0.1) is 10.1 Å². The number of nitrogens with one attached hydrogen (secondary N) is 1. The highest BCUT2D eigenvalue weighted by atomic mass is 35.5. The first-order chi connectivity index (χ1) is 8.06. The molecule has 0 radical (unpaired) electrons. The lowest BCUT2D eigenvalue weighted by atomic mass is 10.2. The second kappa shape index (κ2) is 6.42. The van der Waals surface area contributed by atoms with Gasteiger partial charge in [0.2, 0.25) is 0 Å². The van der Waals surface area contributed by atoms with Gasteiger partial charge in [0.05, 0.1) is 11.0 Å². The third kappa shape index (κ3) is 3.87. The molecule has 5 nitrogen and oxygen atoms in total. The largest absolute Gasteiger partial charge is 0.393 e. The number of hydrogen-bond donors (Lipinski definition) is 2. The zero-order chi connectivity index (χ0) is 12.8. The Kier molecular flexibility index (Phi) is 5.18. The van der Waals surface area contributed by atoms with E-state index >= 15 is 0 Å². The van der Waals surface area contributed by atoms with Gasteiger partial charge in [0.15, 0.2) is 0 Å². The number of nitro benzene ring substituents is 1. The number of benzene rings is 1. The summed E-state index contributed by atoms with van der Waals surface area (Å²) in [6.45, 7) is 2.35. The molecule has 17 heavy (non-hydrogen) atoms. The van der Waals surface area contributed by atoms with E-state index in [1.165, 1.54) is 6.07 Å². The van der Waals surface area contributed by atoms with E-state index < -0.39 is 4.92 Å². The number of para-hydroxylation sites is 1. The Morgan fingerprint density at radius 1 is 1.59 bits per heavy atom. The molecule has 0 saturated heterocycles. The Labute approximate surface area is 105 Å². The fraction of sp³-hybridized carbons (Fsp3) is 0.455. The molecular weight excluding hydrogens is 244 g/mol. The molecule has 0 saturated carbocycles. The Morgan fingerprint density at radius 2 is 2.29 bits per heavy atom. The Bertz CT molecular complexity index is 398. The Hall–Kier alpha value is -1.33. The van der Waals surface area contributed by atoms with Crippen LogP contribution in [0.4, 0.5) is 11.4 Å². The standard InChI is InChI=1S/C11H15ClN2O3/c1-2-8(15)6-7-13-10-5-3-4-9(12)11(10)14(16)17/h3-5,8,13,15H,2,6-7H2,1H3. The molecule has 0 spiro atoms. The van der Waals surface area contributed by atoms with Gasteiger partial charge >= 0.3 is 5.69 Å². The summed E-state index contributed by atoms with van der Waals surface area (Å²) in [7, 11) is 0. The van der Waals surface area contributed by atoms with Crippen LogP contribution in [0.15, 0.2) is 18.2 Å². The normalized spacial score (nSPS) is 12.2. The van der Waals surface area contributed by atoms with Gasteiger partial charge in [-0.1, -0.05) is 24.6 Å². The first kappa shape index (κ1) is 13.7. The van der Waals surface area contributed by atoms with Crippen LogP contribution in [0.3, 0.4) is 0 Å². The smallest absolute Gasteiger partial charge is 0.310 e. The number of rotatable bonds is 6. The van der Waals surface area contributed by atoms with Gasteiger partial charge in [-0.3, -0.25) is 10.1 Å². The lowest BCUT2D eigenvalue weighted by Crippen LogP contribution is -2.13. The summed E-state index contributed by atoms with van der Waals surface area (Å²) in [5.41, 5.74) is 0.256. The van der Waals surface area contributed by atoms with E-state index in [0.717, 1.165) is 0 Å². The molecule has 1 aromatic rings. The average molecular weight is 259 g/mol. The van der Waals surface area contributed by atoms with E-state index in [-0.39, 0.29) is 16.8 Å². The summed E-state index contributed by atoms with van der Waals surface area (Å²) in [4.78, 5) is 10.3. The maximum atomic E-state index is 10.8. The minimum absolute atomic E-state index is 0.107. The molecule has 0 aliphatic rings. The molecule has 94 valence electrons. The molecule has 0 heterocycles. The summed E-state index contributed by atoms with van der Waals surface area (Å²) in [6, 6.07) is 4.72. The van der Waals surface area contributed by atoms with Crippen molar-refractivity contribution in [3.05, 3.63) is 33.3 Å². The van der Waals surface area contributed by atoms with E-state index in [4.69, 9.17) is 11.6 Å². The van der Waals surface area contributed by atoms with Crippen LogP contribution < -0.4 is 5.32 Å². The molecule has 1 unspecified atom stereocenters. The summed E-state index contributed by atoms with van der Waals surface area (Å²) < 4.78 is 0. The molecule has 2 N–H and O–H groups in total. The fourth-order valence-corrected chi connectivity index (χ4v) is 1.66. The van der Waals surface area contributed by atoms with Gasteiger partial charge < -0.3 is 10.4 Å². The van der Waals surface area contributed by atoms with E-state index in [0.29, 0.717) is 25.1 Å². The second-order valence-electron chi connectivity index (χ2n) is 3.67. The highest BCUT2D eigenvalue weighted by Gasteiger charge is 2.17. The molecular formula is C11H15ClN2O3.